The molecule has 6 nitrogen and oxygen atoms in total. The van der Waals surface area contributed by atoms with Crippen molar-refractivity contribution in [2.75, 3.05) is 11.9 Å². The molecule has 6 heteroatoms. The lowest BCUT2D eigenvalue weighted by molar-refractivity contribution is -0.118. The third kappa shape index (κ3) is 2.15. The van der Waals surface area contributed by atoms with E-state index in [1.54, 1.807) is 12.1 Å². The SMILES string of the molecule is O=C(Nc1ccc2[nH]c(=O)[nH]c2c1)C1NCC2CCCC21. The maximum atomic E-state index is 12.4. The van der Waals surface area contributed by atoms with E-state index in [0.717, 1.165) is 18.5 Å². The van der Waals surface area contributed by atoms with Gasteiger partial charge in [-0.2, -0.15) is 0 Å². The monoisotopic (exact) mass is 286 g/mol. The van der Waals surface area contributed by atoms with E-state index in [1.165, 1.54) is 12.8 Å². The Morgan fingerprint density at radius 1 is 1.19 bits per heavy atom. The van der Waals surface area contributed by atoms with Gasteiger partial charge in [0.2, 0.25) is 5.91 Å². The van der Waals surface area contributed by atoms with E-state index in [4.69, 9.17) is 0 Å². The number of H-pyrrole nitrogens is 2. The number of anilines is 1. The number of benzene rings is 1. The second-order valence-electron chi connectivity index (χ2n) is 6.07. The van der Waals surface area contributed by atoms with E-state index in [-0.39, 0.29) is 17.6 Å². The first-order valence-electron chi connectivity index (χ1n) is 7.47. The number of imidazole rings is 1. The number of carbonyl (C=O) groups is 1. The lowest BCUT2D eigenvalue weighted by Gasteiger charge is -2.17. The quantitative estimate of drug-likeness (QED) is 0.668. The summed E-state index contributed by atoms with van der Waals surface area (Å²) in [6, 6.07) is 5.30. The second-order valence-corrected chi connectivity index (χ2v) is 6.07. The normalized spacial score (nSPS) is 27.9. The molecule has 3 unspecified atom stereocenters. The van der Waals surface area contributed by atoms with Gasteiger partial charge in [0.25, 0.3) is 0 Å². The maximum absolute atomic E-state index is 12.4. The van der Waals surface area contributed by atoms with E-state index >= 15 is 0 Å². The molecule has 2 heterocycles. The fourth-order valence-electron chi connectivity index (χ4n) is 3.80. The molecule has 4 N–H and O–H groups in total. The van der Waals surface area contributed by atoms with Crippen molar-refractivity contribution in [3.05, 3.63) is 28.7 Å². The molecule has 0 radical (unpaired) electrons. The molecule has 1 saturated heterocycles. The van der Waals surface area contributed by atoms with Crippen LogP contribution in [0.4, 0.5) is 5.69 Å². The molecule has 0 bridgehead atoms. The van der Waals surface area contributed by atoms with Gasteiger partial charge in [0, 0.05) is 5.69 Å². The Morgan fingerprint density at radius 2 is 2.05 bits per heavy atom. The Labute approximate surface area is 121 Å². The smallest absolute Gasteiger partial charge is 0.323 e. The summed E-state index contributed by atoms with van der Waals surface area (Å²) in [5, 5.41) is 6.30. The number of fused-ring (bicyclic) bond motifs is 2. The zero-order valence-corrected chi connectivity index (χ0v) is 11.6. The molecule has 110 valence electrons. The largest absolute Gasteiger partial charge is 0.325 e. The highest BCUT2D eigenvalue weighted by Gasteiger charge is 2.42. The molecule has 3 atom stereocenters. The van der Waals surface area contributed by atoms with E-state index in [2.05, 4.69) is 20.6 Å². The van der Waals surface area contributed by atoms with Crippen LogP contribution in [0.2, 0.25) is 0 Å². The van der Waals surface area contributed by atoms with Gasteiger partial charge in [0.05, 0.1) is 17.1 Å². The van der Waals surface area contributed by atoms with Gasteiger partial charge in [0.15, 0.2) is 0 Å². The first kappa shape index (κ1) is 12.6. The van der Waals surface area contributed by atoms with Crippen molar-refractivity contribution < 1.29 is 4.79 Å². The zero-order valence-electron chi connectivity index (χ0n) is 11.6. The van der Waals surface area contributed by atoms with Crippen LogP contribution in [0.5, 0.6) is 0 Å². The predicted octanol–water partition coefficient (Wildman–Crippen LogP) is 1.18. The summed E-state index contributed by atoms with van der Waals surface area (Å²) in [4.78, 5) is 29.1. The van der Waals surface area contributed by atoms with Crippen LogP contribution in [0.15, 0.2) is 23.0 Å². The number of amides is 1. The van der Waals surface area contributed by atoms with Gasteiger partial charge >= 0.3 is 5.69 Å². The number of hydrogen-bond acceptors (Lipinski definition) is 3. The number of aromatic amines is 2. The van der Waals surface area contributed by atoms with Crippen LogP contribution < -0.4 is 16.3 Å². The van der Waals surface area contributed by atoms with Crippen molar-refractivity contribution in [2.24, 2.45) is 11.8 Å². The molecule has 21 heavy (non-hydrogen) atoms. The molecule has 1 aliphatic carbocycles. The van der Waals surface area contributed by atoms with Crippen molar-refractivity contribution in [2.45, 2.75) is 25.3 Å². The molecule has 2 aliphatic rings. The second kappa shape index (κ2) is 4.73. The van der Waals surface area contributed by atoms with Crippen LogP contribution in [-0.4, -0.2) is 28.5 Å². The van der Waals surface area contributed by atoms with Gasteiger partial charge in [-0.1, -0.05) is 6.42 Å². The Morgan fingerprint density at radius 3 is 2.95 bits per heavy atom. The van der Waals surface area contributed by atoms with Crippen LogP contribution in [0.1, 0.15) is 19.3 Å². The minimum Gasteiger partial charge on any atom is -0.325 e. The van der Waals surface area contributed by atoms with Crippen molar-refractivity contribution in [1.29, 1.82) is 0 Å². The van der Waals surface area contributed by atoms with E-state index < -0.39 is 0 Å². The molecule has 1 aromatic carbocycles. The van der Waals surface area contributed by atoms with E-state index in [1.807, 2.05) is 6.07 Å². The highest BCUT2D eigenvalue weighted by atomic mass is 16.2. The van der Waals surface area contributed by atoms with Gasteiger partial charge < -0.3 is 20.6 Å². The lowest BCUT2D eigenvalue weighted by Crippen LogP contribution is -2.39. The minimum absolute atomic E-state index is 0.0293. The molecular formula is C15H18N4O2. The molecule has 2 aromatic rings. The van der Waals surface area contributed by atoms with Crippen molar-refractivity contribution in [3.8, 4) is 0 Å². The number of nitrogens with one attached hydrogen (secondary N) is 4. The van der Waals surface area contributed by atoms with E-state index in [0.29, 0.717) is 23.0 Å². The van der Waals surface area contributed by atoms with Gasteiger partial charge in [0.1, 0.15) is 0 Å². The standard InChI is InChI=1S/C15H18N4O2/c20-14(13-10-3-1-2-8(10)7-16-13)17-9-4-5-11-12(6-9)19-15(21)18-11/h4-6,8,10,13,16H,1-3,7H2,(H,17,20)(H2,18,19,21). The first-order chi connectivity index (χ1) is 10.2. The van der Waals surface area contributed by atoms with Crippen LogP contribution in [-0.2, 0) is 4.79 Å². The van der Waals surface area contributed by atoms with Gasteiger partial charge in [-0.25, -0.2) is 4.79 Å². The number of carbonyl (C=O) groups excluding carboxylic acids is 1. The van der Waals surface area contributed by atoms with Gasteiger partial charge in [-0.05, 0) is 49.4 Å². The van der Waals surface area contributed by atoms with Crippen molar-refractivity contribution >= 4 is 22.6 Å². The average Bonchev–Trinajstić information content (AvgIpc) is 3.10. The fourth-order valence-corrected chi connectivity index (χ4v) is 3.80. The van der Waals surface area contributed by atoms with Crippen LogP contribution >= 0.6 is 0 Å². The third-order valence-corrected chi connectivity index (χ3v) is 4.81. The highest BCUT2D eigenvalue weighted by molar-refractivity contribution is 5.96. The molecule has 0 spiro atoms. The Bertz CT molecular complexity index is 747. The molecule has 4 rings (SSSR count). The van der Waals surface area contributed by atoms with Crippen molar-refractivity contribution in [3.63, 3.8) is 0 Å². The molecule has 2 fully saturated rings. The van der Waals surface area contributed by atoms with E-state index in [9.17, 15) is 9.59 Å². The molecule has 1 aliphatic heterocycles. The Balaban J connectivity index is 1.53. The molecule has 1 aromatic heterocycles. The topological polar surface area (TPSA) is 89.8 Å². The van der Waals surface area contributed by atoms with Crippen LogP contribution in [0, 0.1) is 11.8 Å². The zero-order chi connectivity index (χ0) is 14.4. The maximum Gasteiger partial charge on any atom is 0.323 e. The summed E-state index contributed by atoms with van der Waals surface area (Å²) < 4.78 is 0. The Kier molecular flexibility index (Phi) is 2.85. The van der Waals surface area contributed by atoms with Crippen LogP contribution in [0.3, 0.4) is 0 Å². The minimum atomic E-state index is -0.236. The summed E-state index contributed by atoms with van der Waals surface area (Å²) in [7, 11) is 0. The fraction of sp³-hybridized carbons (Fsp3) is 0.467. The highest BCUT2D eigenvalue weighted by Crippen LogP contribution is 2.38. The summed E-state index contributed by atoms with van der Waals surface area (Å²) in [5.41, 5.74) is 1.93. The van der Waals surface area contributed by atoms with Crippen LogP contribution in [0.25, 0.3) is 11.0 Å². The molecular weight excluding hydrogens is 268 g/mol. The summed E-state index contributed by atoms with van der Waals surface area (Å²) in [6.45, 7) is 0.951. The number of aromatic nitrogens is 2. The Hall–Kier alpha value is -2.08. The third-order valence-electron chi connectivity index (χ3n) is 4.81. The first-order valence-corrected chi connectivity index (χ1v) is 7.47. The summed E-state index contributed by atoms with van der Waals surface area (Å²) >= 11 is 0. The summed E-state index contributed by atoms with van der Waals surface area (Å²) in [6.07, 6.45) is 3.61. The van der Waals surface area contributed by atoms with Gasteiger partial charge in [-0.15, -0.1) is 0 Å². The summed E-state index contributed by atoms with van der Waals surface area (Å²) in [5.74, 6) is 1.16. The lowest BCUT2D eigenvalue weighted by atomic mass is 9.93. The molecule has 1 saturated carbocycles. The van der Waals surface area contributed by atoms with Crippen molar-refractivity contribution in [1.82, 2.24) is 15.3 Å². The average molecular weight is 286 g/mol. The van der Waals surface area contributed by atoms with Gasteiger partial charge in [-0.3, -0.25) is 4.79 Å². The number of hydrogen-bond donors (Lipinski definition) is 4. The molecule has 1 amide bonds. The number of rotatable bonds is 2. The predicted molar refractivity (Wildman–Crippen MR) is 80.2 cm³/mol.